The highest BCUT2D eigenvalue weighted by Crippen LogP contribution is 2.37. The van der Waals surface area contributed by atoms with Gasteiger partial charge in [0.2, 0.25) is 0 Å². The number of hydrogen-bond acceptors (Lipinski definition) is 2. The molecule has 2 heteroatoms. The predicted molar refractivity (Wildman–Crippen MR) is 63.1 cm³/mol. The molecule has 2 rings (SSSR count). The lowest BCUT2D eigenvalue weighted by Crippen LogP contribution is -2.34. The molecule has 0 radical (unpaired) electrons. The monoisotopic (exact) mass is 205 g/mol. The second-order valence-corrected chi connectivity index (χ2v) is 4.30. The zero-order chi connectivity index (χ0) is 10.7. The fraction of sp³-hybridized carbons (Fsp3) is 0.538. The summed E-state index contributed by atoms with van der Waals surface area (Å²) in [7, 11) is 0. The molecule has 2 nitrogen and oxygen atoms in total. The lowest BCUT2D eigenvalue weighted by Gasteiger charge is -2.36. The second kappa shape index (κ2) is 4.23. The second-order valence-electron chi connectivity index (χ2n) is 4.30. The van der Waals surface area contributed by atoms with Crippen LogP contribution < -0.4 is 5.32 Å². The van der Waals surface area contributed by atoms with Gasteiger partial charge in [0.25, 0.3) is 0 Å². The van der Waals surface area contributed by atoms with E-state index in [1.165, 1.54) is 11.3 Å². The minimum atomic E-state index is -0.0994. The number of rotatable bonds is 3. The van der Waals surface area contributed by atoms with Crippen molar-refractivity contribution in [3.05, 3.63) is 29.8 Å². The van der Waals surface area contributed by atoms with Gasteiger partial charge in [-0.25, -0.2) is 0 Å². The molecular weight excluding hydrogens is 186 g/mol. The van der Waals surface area contributed by atoms with Crippen LogP contribution in [-0.4, -0.2) is 13.2 Å². The van der Waals surface area contributed by atoms with E-state index >= 15 is 0 Å². The molecule has 1 atom stereocenters. The van der Waals surface area contributed by atoms with Gasteiger partial charge in [0.05, 0.1) is 5.60 Å². The van der Waals surface area contributed by atoms with Crippen molar-refractivity contribution in [3.8, 4) is 0 Å². The summed E-state index contributed by atoms with van der Waals surface area (Å²) >= 11 is 0. The van der Waals surface area contributed by atoms with Gasteiger partial charge in [-0.1, -0.05) is 25.1 Å². The Morgan fingerprint density at radius 3 is 3.00 bits per heavy atom. The molecule has 1 aromatic carbocycles. The van der Waals surface area contributed by atoms with Crippen molar-refractivity contribution in [2.24, 2.45) is 0 Å². The van der Waals surface area contributed by atoms with E-state index in [2.05, 4.69) is 43.4 Å². The molecule has 1 N–H and O–H groups in total. The van der Waals surface area contributed by atoms with Crippen LogP contribution in [0, 0.1) is 0 Å². The largest absolute Gasteiger partial charge is 0.385 e. The molecule has 1 heterocycles. The number of anilines is 1. The van der Waals surface area contributed by atoms with Crippen LogP contribution >= 0.6 is 0 Å². The summed E-state index contributed by atoms with van der Waals surface area (Å²) in [6.07, 6.45) is 2.12. The normalized spacial score (nSPS) is 24.4. The lowest BCUT2D eigenvalue weighted by atomic mass is 9.88. The molecule has 0 aliphatic carbocycles. The van der Waals surface area contributed by atoms with Gasteiger partial charge in [-0.3, -0.25) is 0 Å². The Labute approximate surface area is 91.6 Å². The molecule has 0 aromatic heterocycles. The molecule has 82 valence electrons. The first-order valence-electron chi connectivity index (χ1n) is 5.73. The van der Waals surface area contributed by atoms with E-state index in [0.29, 0.717) is 0 Å². The summed E-state index contributed by atoms with van der Waals surface area (Å²) in [5, 5.41) is 3.41. The Balaban J connectivity index is 2.27. The molecule has 0 saturated heterocycles. The van der Waals surface area contributed by atoms with E-state index < -0.39 is 0 Å². The quantitative estimate of drug-likeness (QED) is 0.818. The van der Waals surface area contributed by atoms with Crippen LogP contribution in [0.3, 0.4) is 0 Å². The molecule has 1 aliphatic heterocycles. The predicted octanol–water partition coefficient (Wildman–Crippen LogP) is 3.14. The van der Waals surface area contributed by atoms with Gasteiger partial charge >= 0.3 is 0 Å². The van der Waals surface area contributed by atoms with Gasteiger partial charge < -0.3 is 10.1 Å². The maximum atomic E-state index is 6.01. The van der Waals surface area contributed by atoms with Crippen molar-refractivity contribution in [2.45, 2.75) is 32.3 Å². The molecule has 0 saturated carbocycles. The van der Waals surface area contributed by atoms with Crippen molar-refractivity contribution in [2.75, 3.05) is 18.5 Å². The average molecular weight is 205 g/mol. The summed E-state index contributed by atoms with van der Waals surface area (Å²) < 4.78 is 6.01. The van der Waals surface area contributed by atoms with Gasteiger partial charge in [-0.2, -0.15) is 0 Å². The third-order valence-corrected chi connectivity index (χ3v) is 3.04. The highest BCUT2D eigenvalue weighted by atomic mass is 16.5. The maximum absolute atomic E-state index is 6.01. The van der Waals surface area contributed by atoms with Gasteiger partial charge in [-0.15, -0.1) is 0 Å². The van der Waals surface area contributed by atoms with Gasteiger partial charge in [0, 0.05) is 24.4 Å². The summed E-state index contributed by atoms with van der Waals surface area (Å²) in [4.78, 5) is 0. The first kappa shape index (κ1) is 10.5. The molecule has 0 amide bonds. The van der Waals surface area contributed by atoms with E-state index in [4.69, 9.17) is 4.74 Å². The number of nitrogens with one attached hydrogen (secondary N) is 1. The van der Waals surface area contributed by atoms with Crippen molar-refractivity contribution < 1.29 is 4.74 Å². The molecule has 0 spiro atoms. The highest BCUT2D eigenvalue weighted by molar-refractivity contribution is 5.55. The molecule has 15 heavy (non-hydrogen) atoms. The van der Waals surface area contributed by atoms with Crippen LogP contribution in [0.4, 0.5) is 5.69 Å². The minimum Gasteiger partial charge on any atom is -0.385 e. The van der Waals surface area contributed by atoms with Crippen LogP contribution in [0.2, 0.25) is 0 Å². The number of fused-ring (bicyclic) bond motifs is 1. The van der Waals surface area contributed by atoms with Crippen molar-refractivity contribution in [3.63, 3.8) is 0 Å². The standard InChI is InChI=1S/C13H19NO/c1-3-10-15-13(2)8-9-14-12-7-5-4-6-11(12)13/h4-7,14H,3,8-10H2,1-2H3. The van der Waals surface area contributed by atoms with Gasteiger partial charge in [-0.05, 0) is 25.8 Å². The fourth-order valence-corrected chi connectivity index (χ4v) is 2.15. The fourth-order valence-electron chi connectivity index (χ4n) is 2.15. The Bertz CT molecular complexity index is 337. The van der Waals surface area contributed by atoms with Crippen molar-refractivity contribution in [1.82, 2.24) is 0 Å². The zero-order valence-electron chi connectivity index (χ0n) is 9.55. The third-order valence-electron chi connectivity index (χ3n) is 3.04. The summed E-state index contributed by atoms with van der Waals surface area (Å²) in [5.74, 6) is 0. The van der Waals surface area contributed by atoms with Crippen LogP contribution in [0.25, 0.3) is 0 Å². The van der Waals surface area contributed by atoms with E-state index in [9.17, 15) is 0 Å². The molecule has 0 bridgehead atoms. The Kier molecular flexibility index (Phi) is 2.96. The summed E-state index contributed by atoms with van der Waals surface area (Å²) in [5.41, 5.74) is 2.42. The molecular formula is C13H19NO. The number of ether oxygens (including phenoxy) is 1. The lowest BCUT2D eigenvalue weighted by molar-refractivity contribution is -0.0416. The summed E-state index contributed by atoms with van der Waals surface area (Å²) in [6.45, 7) is 6.18. The Hall–Kier alpha value is -1.02. The van der Waals surface area contributed by atoms with Gasteiger partial charge in [0.1, 0.15) is 0 Å². The number of para-hydroxylation sites is 1. The van der Waals surface area contributed by atoms with Crippen molar-refractivity contribution in [1.29, 1.82) is 0 Å². The number of benzene rings is 1. The minimum absolute atomic E-state index is 0.0994. The molecule has 1 aliphatic rings. The molecule has 1 unspecified atom stereocenters. The maximum Gasteiger partial charge on any atom is 0.0939 e. The van der Waals surface area contributed by atoms with Crippen molar-refractivity contribution >= 4 is 5.69 Å². The molecule has 0 fully saturated rings. The Morgan fingerprint density at radius 1 is 1.40 bits per heavy atom. The smallest absolute Gasteiger partial charge is 0.0939 e. The number of hydrogen-bond donors (Lipinski definition) is 1. The van der Waals surface area contributed by atoms with Crippen LogP contribution in [0.1, 0.15) is 32.3 Å². The zero-order valence-corrected chi connectivity index (χ0v) is 9.55. The first-order valence-corrected chi connectivity index (χ1v) is 5.73. The average Bonchev–Trinajstić information content (AvgIpc) is 2.27. The highest BCUT2D eigenvalue weighted by Gasteiger charge is 2.32. The topological polar surface area (TPSA) is 21.3 Å². The molecule has 1 aromatic rings. The van der Waals surface area contributed by atoms with E-state index in [-0.39, 0.29) is 5.60 Å². The van der Waals surface area contributed by atoms with E-state index in [1.807, 2.05) is 0 Å². The van der Waals surface area contributed by atoms with Crippen LogP contribution in [0.15, 0.2) is 24.3 Å². The third kappa shape index (κ3) is 2.00. The SMILES string of the molecule is CCCOC1(C)CCNc2ccccc21. The van der Waals surface area contributed by atoms with Gasteiger partial charge in [0.15, 0.2) is 0 Å². The Morgan fingerprint density at radius 2 is 2.20 bits per heavy atom. The van der Waals surface area contributed by atoms with E-state index in [1.54, 1.807) is 0 Å². The van der Waals surface area contributed by atoms with Crippen LogP contribution in [0.5, 0.6) is 0 Å². The van der Waals surface area contributed by atoms with Crippen LogP contribution in [-0.2, 0) is 10.3 Å². The van der Waals surface area contributed by atoms with E-state index in [0.717, 1.165) is 26.0 Å². The first-order chi connectivity index (χ1) is 7.26. The summed E-state index contributed by atoms with van der Waals surface area (Å²) in [6, 6.07) is 8.44.